The Bertz CT molecular complexity index is 267. The van der Waals surface area contributed by atoms with Crippen molar-refractivity contribution >= 4 is 17.9 Å². The summed E-state index contributed by atoms with van der Waals surface area (Å²) in [5.41, 5.74) is 4.77. The number of urea groups is 1. The SMILES string of the molecule is CC(C(=O)NC(N)=O)N(C)CCC(=O)O. The zero-order valence-electron chi connectivity index (χ0n) is 8.69. The summed E-state index contributed by atoms with van der Waals surface area (Å²) >= 11 is 0. The third-order valence-electron chi connectivity index (χ3n) is 1.97. The van der Waals surface area contributed by atoms with Crippen molar-refractivity contribution in [2.45, 2.75) is 19.4 Å². The number of amides is 3. The molecule has 0 radical (unpaired) electrons. The molecule has 7 nitrogen and oxygen atoms in total. The molecule has 0 aliphatic carbocycles. The van der Waals surface area contributed by atoms with Gasteiger partial charge in [-0.25, -0.2) is 4.79 Å². The maximum Gasteiger partial charge on any atom is 0.318 e. The number of likely N-dealkylation sites (N-methyl/N-ethyl adjacent to an activating group) is 1. The van der Waals surface area contributed by atoms with Crippen molar-refractivity contribution in [2.75, 3.05) is 13.6 Å². The van der Waals surface area contributed by atoms with Gasteiger partial charge in [-0.3, -0.25) is 19.8 Å². The van der Waals surface area contributed by atoms with Gasteiger partial charge in [0.1, 0.15) is 0 Å². The molecule has 7 heteroatoms. The molecule has 1 atom stereocenters. The van der Waals surface area contributed by atoms with Crippen molar-refractivity contribution in [2.24, 2.45) is 5.73 Å². The van der Waals surface area contributed by atoms with E-state index in [4.69, 9.17) is 10.8 Å². The minimum absolute atomic E-state index is 0.0648. The Labute approximate surface area is 87.2 Å². The fourth-order valence-corrected chi connectivity index (χ4v) is 0.892. The molecule has 0 aromatic heterocycles. The highest BCUT2D eigenvalue weighted by Crippen LogP contribution is 1.97. The molecule has 0 rings (SSSR count). The van der Waals surface area contributed by atoms with Crippen LogP contribution in [0.3, 0.4) is 0 Å². The average molecular weight is 217 g/mol. The average Bonchev–Trinajstić information content (AvgIpc) is 2.11. The lowest BCUT2D eigenvalue weighted by atomic mass is 10.2. The van der Waals surface area contributed by atoms with Crippen molar-refractivity contribution in [1.29, 1.82) is 0 Å². The summed E-state index contributed by atoms with van der Waals surface area (Å²) in [5, 5.41) is 10.3. The first-order valence-corrected chi connectivity index (χ1v) is 4.37. The van der Waals surface area contributed by atoms with Crippen LogP contribution in [0, 0.1) is 0 Å². The van der Waals surface area contributed by atoms with Crippen LogP contribution in [0.1, 0.15) is 13.3 Å². The number of carboxylic acids is 1. The monoisotopic (exact) mass is 217 g/mol. The highest BCUT2D eigenvalue weighted by Gasteiger charge is 2.19. The number of carboxylic acid groups (broad SMARTS) is 1. The first kappa shape index (κ1) is 13.4. The number of primary amides is 1. The van der Waals surface area contributed by atoms with Gasteiger partial charge in [-0.2, -0.15) is 0 Å². The van der Waals surface area contributed by atoms with Crippen LogP contribution in [-0.4, -0.2) is 47.5 Å². The van der Waals surface area contributed by atoms with Gasteiger partial charge in [-0.15, -0.1) is 0 Å². The second-order valence-corrected chi connectivity index (χ2v) is 3.15. The van der Waals surface area contributed by atoms with Gasteiger partial charge in [0.05, 0.1) is 12.5 Å². The molecule has 0 aliphatic heterocycles. The molecule has 0 aromatic rings. The van der Waals surface area contributed by atoms with E-state index in [1.165, 1.54) is 4.90 Å². The molecule has 0 saturated heterocycles. The summed E-state index contributed by atoms with van der Waals surface area (Å²) in [6.07, 6.45) is -0.0648. The van der Waals surface area contributed by atoms with Crippen molar-refractivity contribution in [3.8, 4) is 0 Å². The summed E-state index contributed by atoms with van der Waals surface area (Å²) in [7, 11) is 1.59. The van der Waals surface area contributed by atoms with Gasteiger partial charge >= 0.3 is 12.0 Å². The summed E-state index contributed by atoms with van der Waals surface area (Å²) in [6.45, 7) is 1.78. The molecule has 4 N–H and O–H groups in total. The summed E-state index contributed by atoms with van der Waals surface area (Å²) in [6, 6.07) is -1.52. The molecule has 1 unspecified atom stereocenters. The van der Waals surface area contributed by atoms with Crippen molar-refractivity contribution in [1.82, 2.24) is 10.2 Å². The zero-order valence-corrected chi connectivity index (χ0v) is 8.69. The number of nitrogens with two attached hydrogens (primary N) is 1. The Morgan fingerprint density at radius 2 is 2.00 bits per heavy atom. The van der Waals surface area contributed by atoms with Gasteiger partial charge in [0.25, 0.3) is 0 Å². The van der Waals surface area contributed by atoms with E-state index >= 15 is 0 Å². The molecule has 0 aromatic carbocycles. The molecule has 0 saturated carbocycles. The summed E-state index contributed by atoms with van der Waals surface area (Å²) in [4.78, 5) is 33.4. The van der Waals surface area contributed by atoms with E-state index in [1.54, 1.807) is 14.0 Å². The molecule has 86 valence electrons. The highest BCUT2D eigenvalue weighted by molar-refractivity contribution is 5.96. The van der Waals surface area contributed by atoms with E-state index in [-0.39, 0.29) is 13.0 Å². The molecule has 0 fully saturated rings. The van der Waals surface area contributed by atoms with Crippen molar-refractivity contribution < 1.29 is 19.5 Å². The number of rotatable bonds is 5. The quantitative estimate of drug-likeness (QED) is 0.545. The maximum atomic E-state index is 11.2. The fourth-order valence-electron chi connectivity index (χ4n) is 0.892. The first-order chi connectivity index (χ1) is 6.84. The van der Waals surface area contributed by atoms with E-state index < -0.39 is 23.9 Å². The van der Waals surface area contributed by atoms with Crippen LogP contribution >= 0.6 is 0 Å². The number of carbonyl (C=O) groups is 3. The number of nitrogens with one attached hydrogen (secondary N) is 1. The molecule has 0 aliphatic rings. The minimum Gasteiger partial charge on any atom is -0.481 e. The second kappa shape index (κ2) is 5.97. The normalized spacial score (nSPS) is 12.2. The number of nitrogens with zero attached hydrogens (tertiary/aromatic N) is 1. The Morgan fingerprint density at radius 1 is 1.47 bits per heavy atom. The van der Waals surface area contributed by atoms with Gasteiger partial charge in [0.2, 0.25) is 5.91 Å². The van der Waals surface area contributed by atoms with Gasteiger partial charge in [0.15, 0.2) is 0 Å². The lowest BCUT2D eigenvalue weighted by molar-refractivity contribution is -0.138. The van der Waals surface area contributed by atoms with E-state index in [2.05, 4.69) is 0 Å². The molecular weight excluding hydrogens is 202 g/mol. The molecule has 0 bridgehead atoms. The Morgan fingerprint density at radius 3 is 2.40 bits per heavy atom. The predicted molar refractivity (Wildman–Crippen MR) is 52.1 cm³/mol. The predicted octanol–water partition coefficient (Wildman–Crippen LogP) is -1.02. The van der Waals surface area contributed by atoms with E-state index in [1.807, 2.05) is 5.32 Å². The van der Waals surface area contributed by atoms with Crippen molar-refractivity contribution in [3.63, 3.8) is 0 Å². The van der Waals surface area contributed by atoms with Crippen LogP contribution in [-0.2, 0) is 9.59 Å². The number of carbonyl (C=O) groups excluding carboxylic acids is 2. The zero-order chi connectivity index (χ0) is 12.0. The third-order valence-corrected chi connectivity index (χ3v) is 1.97. The van der Waals surface area contributed by atoms with Gasteiger partial charge in [-0.05, 0) is 14.0 Å². The molecule has 0 heterocycles. The maximum absolute atomic E-state index is 11.2. The van der Waals surface area contributed by atoms with Gasteiger partial charge in [-0.1, -0.05) is 0 Å². The summed E-state index contributed by atoms with van der Waals surface area (Å²) < 4.78 is 0. The second-order valence-electron chi connectivity index (χ2n) is 3.15. The molecular formula is C8H15N3O4. The van der Waals surface area contributed by atoms with Crippen LogP contribution in [0.4, 0.5) is 4.79 Å². The standard InChI is InChI=1S/C8H15N3O4/c1-5(7(14)10-8(9)15)11(2)4-3-6(12)13/h5H,3-4H2,1-2H3,(H,12,13)(H3,9,10,14,15). The van der Waals surface area contributed by atoms with Crippen molar-refractivity contribution in [3.05, 3.63) is 0 Å². The molecule has 15 heavy (non-hydrogen) atoms. The Balaban J connectivity index is 4.06. The molecule has 3 amide bonds. The fraction of sp³-hybridized carbons (Fsp3) is 0.625. The van der Waals surface area contributed by atoms with Crippen LogP contribution < -0.4 is 11.1 Å². The Kier molecular flexibility index (Phi) is 5.32. The van der Waals surface area contributed by atoms with Gasteiger partial charge < -0.3 is 10.8 Å². The lowest BCUT2D eigenvalue weighted by Crippen LogP contribution is -2.47. The summed E-state index contributed by atoms with van der Waals surface area (Å²) in [5.74, 6) is -1.49. The highest BCUT2D eigenvalue weighted by atomic mass is 16.4. The first-order valence-electron chi connectivity index (χ1n) is 4.37. The molecule has 0 spiro atoms. The largest absolute Gasteiger partial charge is 0.481 e. The van der Waals surface area contributed by atoms with E-state index in [0.717, 1.165) is 0 Å². The van der Waals surface area contributed by atoms with Gasteiger partial charge in [0, 0.05) is 6.54 Å². The third kappa shape index (κ3) is 5.63. The number of hydrogen-bond acceptors (Lipinski definition) is 4. The van der Waals surface area contributed by atoms with Crippen LogP contribution in [0.2, 0.25) is 0 Å². The van der Waals surface area contributed by atoms with Crippen LogP contribution in [0.5, 0.6) is 0 Å². The lowest BCUT2D eigenvalue weighted by Gasteiger charge is -2.22. The van der Waals surface area contributed by atoms with E-state index in [0.29, 0.717) is 0 Å². The number of hydrogen-bond donors (Lipinski definition) is 3. The topological polar surface area (TPSA) is 113 Å². The Hall–Kier alpha value is -1.63. The van der Waals surface area contributed by atoms with E-state index in [9.17, 15) is 14.4 Å². The minimum atomic E-state index is -0.940. The van der Waals surface area contributed by atoms with Crippen LogP contribution in [0.25, 0.3) is 0 Å². The number of imide groups is 1. The number of aliphatic carboxylic acids is 1. The van der Waals surface area contributed by atoms with Crippen LogP contribution in [0.15, 0.2) is 0 Å². The smallest absolute Gasteiger partial charge is 0.318 e.